The van der Waals surface area contributed by atoms with Crippen LogP contribution in [0.25, 0.3) is 0 Å². The predicted molar refractivity (Wildman–Crippen MR) is 135 cm³/mol. The first kappa shape index (κ1) is 26.3. The number of ether oxygens (including phenoxy) is 3. The molecule has 1 aliphatic heterocycles. The molecule has 32 heavy (non-hydrogen) atoms. The molecule has 0 bridgehead atoms. The minimum absolute atomic E-state index is 0. The standard InChI is InChI=1S/C22H34N6O3.HI/c1-17-25-26-21(27(17)2)14-24-22(23-13-18-5-7-20(30-4)8-6-18)28-10-9-19(15-28)16-31-12-11-29-3;/h5-8,19H,9-16H2,1-4H3,(H,23,24);1H. The molecule has 9 nitrogen and oxygen atoms in total. The number of aromatic nitrogens is 3. The molecule has 0 aliphatic carbocycles. The summed E-state index contributed by atoms with van der Waals surface area (Å²) in [5.74, 6) is 3.99. The third-order valence-electron chi connectivity index (χ3n) is 5.53. The highest BCUT2D eigenvalue weighted by atomic mass is 127. The Hall–Kier alpha value is -1.92. The van der Waals surface area contributed by atoms with Crippen LogP contribution in [0.3, 0.4) is 0 Å². The Morgan fingerprint density at radius 1 is 1.19 bits per heavy atom. The van der Waals surface area contributed by atoms with Gasteiger partial charge in [-0.15, -0.1) is 34.2 Å². The maximum absolute atomic E-state index is 5.74. The Bertz CT molecular complexity index is 843. The number of halogens is 1. The molecular formula is C22H35IN6O3. The average molecular weight is 558 g/mol. The van der Waals surface area contributed by atoms with E-state index in [0.29, 0.717) is 32.2 Å². The van der Waals surface area contributed by atoms with Crippen molar-refractivity contribution in [3.05, 3.63) is 41.5 Å². The van der Waals surface area contributed by atoms with Gasteiger partial charge in [-0.05, 0) is 31.0 Å². The van der Waals surface area contributed by atoms with E-state index in [1.165, 1.54) is 0 Å². The number of aliphatic imine (C=N–C) groups is 1. The van der Waals surface area contributed by atoms with Gasteiger partial charge in [0.1, 0.15) is 11.6 Å². The van der Waals surface area contributed by atoms with Crippen LogP contribution < -0.4 is 10.1 Å². The van der Waals surface area contributed by atoms with Gasteiger partial charge in [-0.25, -0.2) is 4.99 Å². The fourth-order valence-corrected chi connectivity index (χ4v) is 3.48. The van der Waals surface area contributed by atoms with E-state index < -0.39 is 0 Å². The summed E-state index contributed by atoms with van der Waals surface area (Å²) in [4.78, 5) is 7.20. The van der Waals surface area contributed by atoms with E-state index in [2.05, 4.69) is 20.4 Å². The molecule has 2 heterocycles. The monoisotopic (exact) mass is 558 g/mol. The average Bonchev–Trinajstić information content (AvgIpc) is 3.39. The molecule has 1 unspecified atom stereocenters. The maximum Gasteiger partial charge on any atom is 0.194 e. The number of guanidine groups is 1. The van der Waals surface area contributed by atoms with E-state index in [1.54, 1.807) is 14.2 Å². The SMILES string of the molecule is COCCOCC1CCN(C(=NCc2ccc(OC)cc2)NCc2nnc(C)n2C)C1.I. The third-order valence-corrected chi connectivity index (χ3v) is 5.53. The van der Waals surface area contributed by atoms with Gasteiger partial charge < -0.3 is 29.0 Å². The molecule has 0 amide bonds. The fourth-order valence-electron chi connectivity index (χ4n) is 3.48. The third kappa shape index (κ3) is 7.59. The molecule has 1 aromatic carbocycles. The Morgan fingerprint density at radius 3 is 2.62 bits per heavy atom. The lowest BCUT2D eigenvalue weighted by atomic mass is 10.1. The molecule has 2 aromatic rings. The summed E-state index contributed by atoms with van der Waals surface area (Å²) in [6.07, 6.45) is 1.08. The summed E-state index contributed by atoms with van der Waals surface area (Å²) < 4.78 is 18.0. The van der Waals surface area contributed by atoms with Crippen LogP contribution in [0.4, 0.5) is 0 Å². The van der Waals surface area contributed by atoms with Crippen molar-refractivity contribution in [2.75, 3.05) is 47.1 Å². The Kier molecular flexibility index (Phi) is 11.2. The Morgan fingerprint density at radius 2 is 1.97 bits per heavy atom. The second kappa shape index (κ2) is 13.6. The number of hydrogen-bond donors (Lipinski definition) is 1. The summed E-state index contributed by atoms with van der Waals surface area (Å²) in [6, 6.07) is 8.01. The van der Waals surface area contributed by atoms with Gasteiger partial charge in [-0.2, -0.15) is 0 Å². The van der Waals surface area contributed by atoms with Crippen LogP contribution in [0, 0.1) is 12.8 Å². The molecule has 1 N–H and O–H groups in total. The highest BCUT2D eigenvalue weighted by molar-refractivity contribution is 14.0. The van der Waals surface area contributed by atoms with E-state index >= 15 is 0 Å². The highest BCUT2D eigenvalue weighted by Crippen LogP contribution is 2.18. The molecule has 10 heteroatoms. The second-order valence-corrected chi connectivity index (χ2v) is 7.73. The van der Waals surface area contributed by atoms with E-state index in [4.69, 9.17) is 19.2 Å². The maximum atomic E-state index is 5.74. The zero-order valence-electron chi connectivity index (χ0n) is 19.4. The molecule has 0 spiro atoms. The van der Waals surface area contributed by atoms with Crippen LogP contribution >= 0.6 is 24.0 Å². The summed E-state index contributed by atoms with van der Waals surface area (Å²) in [7, 11) is 5.34. The summed E-state index contributed by atoms with van der Waals surface area (Å²) in [5, 5.41) is 11.9. The van der Waals surface area contributed by atoms with Crippen molar-refractivity contribution < 1.29 is 14.2 Å². The lowest BCUT2D eigenvalue weighted by Crippen LogP contribution is -2.40. The Balaban J connectivity index is 0.00000363. The van der Waals surface area contributed by atoms with Crippen molar-refractivity contribution >= 4 is 29.9 Å². The van der Waals surface area contributed by atoms with Crippen LogP contribution in [0.2, 0.25) is 0 Å². The zero-order valence-corrected chi connectivity index (χ0v) is 21.7. The first-order valence-corrected chi connectivity index (χ1v) is 10.7. The number of nitrogens with one attached hydrogen (secondary N) is 1. The number of aryl methyl sites for hydroxylation is 1. The minimum Gasteiger partial charge on any atom is -0.497 e. The summed E-state index contributed by atoms with van der Waals surface area (Å²) in [6.45, 7) is 6.99. The molecular weight excluding hydrogens is 523 g/mol. The van der Waals surface area contributed by atoms with Crippen molar-refractivity contribution in [1.29, 1.82) is 0 Å². The number of benzene rings is 1. The van der Waals surface area contributed by atoms with E-state index in [0.717, 1.165) is 55.0 Å². The molecule has 1 aromatic heterocycles. The van der Waals surface area contributed by atoms with Gasteiger partial charge in [-0.3, -0.25) is 0 Å². The van der Waals surface area contributed by atoms with Gasteiger partial charge in [0.05, 0.1) is 40.0 Å². The first-order chi connectivity index (χ1) is 15.1. The lowest BCUT2D eigenvalue weighted by Gasteiger charge is -2.22. The number of likely N-dealkylation sites (tertiary alicyclic amines) is 1. The van der Waals surface area contributed by atoms with Crippen molar-refractivity contribution in [2.45, 2.75) is 26.4 Å². The largest absolute Gasteiger partial charge is 0.497 e. The van der Waals surface area contributed by atoms with Crippen LogP contribution in [-0.4, -0.2) is 72.8 Å². The van der Waals surface area contributed by atoms with E-state index in [9.17, 15) is 0 Å². The minimum atomic E-state index is 0. The second-order valence-electron chi connectivity index (χ2n) is 7.73. The molecule has 0 radical (unpaired) electrons. The summed E-state index contributed by atoms with van der Waals surface area (Å²) in [5.41, 5.74) is 1.13. The van der Waals surface area contributed by atoms with Gasteiger partial charge >= 0.3 is 0 Å². The topological polar surface area (TPSA) is 86.0 Å². The molecule has 1 fully saturated rings. The Labute approximate surface area is 207 Å². The zero-order chi connectivity index (χ0) is 22.1. The van der Waals surface area contributed by atoms with Crippen molar-refractivity contribution in [1.82, 2.24) is 25.0 Å². The molecule has 1 saturated heterocycles. The van der Waals surface area contributed by atoms with Crippen molar-refractivity contribution in [2.24, 2.45) is 18.0 Å². The van der Waals surface area contributed by atoms with Gasteiger partial charge in [0, 0.05) is 33.2 Å². The van der Waals surface area contributed by atoms with Crippen LogP contribution in [0.15, 0.2) is 29.3 Å². The first-order valence-electron chi connectivity index (χ1n) is 10.7. The normalized spacial score (nSPS) is 16.2. The van der Waals surface area contributed by atoms with Gasteiger partial charge in [0.2, 0.25) is 0 Å². The van der Waals surface area contributed by atoms with Crippen LogP contribution in [0.5, 0.6) is 5.75 Å². The highest BCUT2D eigenvalue weighted by Gasteiger charge is 2.25. The van der Waals surface area contributed by atoms with Crippen molar-refractivity contribution in [3.63, 3.8) is 0 Å². The number of methoxy groups -OCH3 is 2. The van der Waals surface area contributed by atoms with Crippen molar-refractivity contribution in [3.8, 4) is 5.75 Å². The molecule has 0 saturated carbocycles. The number of nitrogens with zero attached hydrogens (tertiary/aromatic N) is 5. The number of rotatable bonds is 10. The van der Waals surface area contributed by atoms with Crippen LogP contribution in [0.1, 0.15) is 23.6 Å². The molecule has 3 rings (SSSR count). The van der Waals surface area contributed by atoms with E-state index in [-0.39, 0.29) is 24.0 Å². The van der Waals surface area contributed by atoms with Gasteiger partial charge in [0.25, 0.3) is 0 Å². The van der Waals surface area contributed by atoms with E-state index in [1.807, 2.05) is 42.8 Å². The van der Waals surface area contributed by atoms with Crippen LogP contribution in [-0.2, 0) is 29.6 Å². The fraction of sp³-hybridized carbons (Fsp3) is 0.591. The van der Waals surface area contributed by atoms with Gasteiger partial charge in [-0.1, -0.05) is 12.1 Å². The molecule has 1 aliphatic rings. The molecule has 178 valence electrons. The van der Waals surface area contributed by atoms with Gasteiger partial charge in [0.15, 0.2) is 11.8 Å². The molecule has 1 atom stereocenters. The summed E-state index contributed by atoms with van der Waals surface area (Å²) >= 11 is 0. The number of hydrogen-bond acceptors (Lipinski definition) is 6. The lowest BCUT2D eigenvalue weighted by molar-refractivity contribution is 0.0536. The predicted octanol–water partition coefficient (Wildman–Crippen LogP) is 2.38. The smallest absolute Gasteiger partial charge is 0.194 e. The quantitative estimate of drug-likeness (QED) is 0.208.